The number of hydrogen-bond acceptors (Lipinski definition) is 2. The minimum Gasteiger partial charge on any atom is -0.303 e. The number of hydrogen-bond donors (Lipinski definition) is 0. The van der Waals surface area contributed by atoms with Gasteiger partial charge in [0.15, 0.2) is 0 Å². The van der Waals surface area contributed by atoms with Crippen LogP contribution in [0.2, 0.25) is 0 Å². The lowest BCUT2D eigenvalue weighted by Gasteiger charge is -2.31. The summed E-state index contributed by atoms with van der Waals surface area (Å²) >= 11 is 0. The molecule has 1 aromatic carbocycles. The van der Waals surface area contributed by atoms with Crippen molar-refractivity contribution in [3.8, 4) is 0 Å². The van der Waals surface area contributed by atoms with Gasteiger partial charge in [0.1, 0.15) is 5.78 Å². The van der Waals surface area contributed by atoms with Crippen LogP contribution in [0.15, 0.2) is 30.3 Å². The average Bonchev–Trinajstić information content (AvgIpc) is 3.05. The van der Waals surface area contributed by atoms with E-state index < -0.39 is 0 Å². The van der Waals surface area contributed by atoms with Crippen LogP contribution in [0, 0.1) is 0 Å². The Labute approximate surface area is 140 Å². The summed E-state index contributed by atoms with van der Waals surface area (Å²) < 4.78 is 0. The summed E-state index contributed by atoms with van der Waals surface area (Å²) in [5.41, 5.74) is 1.09. The summed E-state index contributed by atoms with van der Waals surface area (Å²) in [7, 11) is 0. The number of ketones is 1. The van der Waals surface area contributed by atoms with E-state index in [1.54, 1.807) is 0 Å². The number of carbonyl (C=O) groups is 1. The van der Waals surface area contributed by atoms with E-state index in [1.165, 1.54) is 50.8 Å². The molecule has 0 unspecified atom stereocenters. The SMILES string of the molecule is Cl.O=C(CCN1CCCCC1)C1(c2ccccc2)CCCC1. The first-order valence-corrected chi connectivity index (χ1v) is 8.62. The molecule has 22 heavy (non-hydrogen) atoms. The molecule has 1 aromatic rings. The van der Waals surface area contributed by atoms with Crippen molar-refractivity contribution in [2.45, 2.75) is 56.8 Å². The Hall–Kier alpha value is -0.860. The number of rotatable bonds is 5. The molecule has 3 heteroatoms. The van der Waals surface area contributed by atoms with Gasteiger partial charge in [-0.2, -0.15) is 0 Å². The van der Waals surface area contributed by atoms with Crippen molar-refractivity contribution >= 4 is 18.2 Å². The second-order valence-corrected chi connectivity index (χ2v) is 6.73. The van der Waals surface area contributed by atoms with E-state index in [9.17, 15) is 4.79 Å². The molecule has 2 nitrogen and oxygen atoms in total. The molecule has 0 aromatic heterocycles. The van der Waals surface area contributed by atoms with Crippen LogP contribution in [-0.2, 0) is 10.2 Å². The van der Waals surface area contributed by atoms with Gasteiger partial charge >= 0.3 is 0 Å². The van der Waals surface area contributed by atoms with Gasteiger partial charge in [0.05, 0.1) is 5.41 Å². The van der Waals surface area contributed by atoms with Gasteiger partial charge in [-0.3, -0.25) is 4.79 Å². The molecule has 1 aliphatic carbocycles. The third-order valence-corrected chi connectivity index (χ3v) is 5.42. The number of halogens is 1. The first kappa shape index (κ1) is 17.5. The van der Waals surface area contributed by atoms with Gasteiger partial charge in [0.2, 0.25) is 0 Å². The molecule has 1 aliphatic heterocycles. The molecule has 0 atom stereocenters. The molecule has 0 spiro atoms. The molecule has 1 saturated heterocycles. The van der Waals surface area contributed by atoms with E-state index >= 15 is 0 Å². The second kappa shape index (κ2) is 8.12. The molecule has 2 aliphatic rings. The zero-order valence-electron chi connectivity index (χ0n) is 13.4. The molecule has 1 saturated carbocycles. The number of nitrogens with zero attached hydrogens (tertiary/aromatic N) is 1. The molecule has 0 amide bonds. The second-order valence-electron chi connectivity index (χ2n) is 6.73. The fourth-order valence-electron chi connectivity index (χ4n) is 4.15. The van der Waals surface area contributed by atoms with Crippen LogP contribution in [0.4, 0.5) is 0 Å². The van der Waals surface area contributed by atoms with Gasteiger partial charge < -0.3 is 4.90 Å². The quantitative estimate of drug-likeness (QED) is 0.803. The molecule has 2 fully saturated rings. The van der Waals surface area contributed by atoms with Crippen molar-refractivity contribution in [2.24, 2.45) is 0 Å². The van der Waals surface area contributed by atoms with Crippen molar-refractivity contribution in [3.05, 3.63) is 35.9 Å². The van der Waals surface area contributed by atoms with E-state index in [4.69, 9.17) is 0 Å². The number of benzene rings is 1. The lowest BCUT2D eigenvalue weighted by molar-refractivity contribution is -0.124. The number of carbonyl (C=O) groups excluding carboxylic acids is 1. The molecular weight excluding hydrogens is 294 g/mol. The number of likely N-dealkylation sites (tertiary alicyclic amines) is 1. The summed E-state index contributed by atoms with van der Waals surface area (Å²) in [6.07, 6.45) is 9.20. The van der Waals surface area contributed by atoms with Crippen molar-refractivity contribution in [1.29, 1.82) is 0 Å². The first-order chi connectivity index (χ1) is 10.3. The Balaban J connectivity index is 0.00000176. The first-order valence-electron chi connectivity index (χ1n) is 8.62. The lowest BCUT2D eigenvalue weighted by atomic mass is 9.74. The van der Waals surface area contributed by atoms with Crippen molar-refractivity contribution in [2.75, 3.05) is 19.6 Å². The van der Waals surface area contributed by atoms with Crippen LogP contribution in [0.5, 0.6) is 0 Å². The van der Waals surface area contributed by atoms with Crippen LogP contribution in [-0.4, -0.2) is 30.3 Å². The smallest absolute Gasteiger partial charge is 0.144 e. The third kappa shape index (κ3) is 3.72. The maximum absolute atomic E-state index is 13.0. The van der Waals surface area contributed by atoms with Crippen LogP contribution in [0.1, 0.15) is 56.9 Å². The molecule has 122 valence electrons. The number of piperidine rings is 1. The zero-order valence-corrected chi connectivity index (χ0v) is 14.2. The summed E-state index contributed by atoms with van der Waals surface area (Å²) in [6, 6.07) is 10.5. The van der Waals surface area contributed by atoms with Crippen molar-refractivity contribution < 1.29 is 4.79 Å². The summed E-state index contributed by atoms with van der Waals surface area (Å²) in [6.45, 7) is 3.34. The van der Waals surface area contributed by atoms with E-state index in [1.807, 2.05) is 6.07 Å². The zero-order chi connectivity index (χ0) is 14.5. The molecule has 0 bridgehead atoms. The standard InChI is InChI=1S/C19H27NO.ClH/c21-18(11-16-20-14-7-2-8-15-20)19(12-5-6-13-19)17-9-3-1-4-10-17;/h1,3-4,9-10H,2,5-8,11-16H2;1H. The average molecular weight is 322 g/mol. The third-order valence-electron chi connectivity index (χ3n) is 5.42. The Kier molecular flexibility index (Phi) is 6.46. The molecular formula is C19H28ClNO. The molecule has 1 heterocycles. The fraction of sp³-hybridized carbons (Fsp3) is 0.632. The minimum absolute atomic E-state index is 0. The van der Waals surface area contributed by atoms with Gasteiger partial charge in [-0.15, -0.1) is 12.4 Å². The predicted octanol–water partition coefficient (Wildman–Crippen LogP) is 4.37. The summed E-state index contributed by atoms with van der Waals surface area (Å²) in [4.78, 5) is 15.5. The summed E-state index contributed by atoms with van der Waals surface area (Å²) in [5, 5.41) is 0. The van der Waals surface area contributed by atoms with Gasteiger partial charge in [-0.05, 0) is 44.3 Å². The van der Waals surface area contributed by atoms with Gasteiger partial charge in [-0.1, -0.05) is 49.6 Å². The monoisotopic (exact) mass is 321 g/mol. The van der Waals surface area contributed by atoms with Crippen LogP contribution in [0.25, 0.3) is 0 Å². The summed E-state index contributed by atoms with van der Waals surface area (Å²) in [5.74, 6) is 0.483. The van der Waals surface area contributed by atoms with Crippen LogP contribution >= 0.6 is 12.4 Å². The normalized spacial score (nSPS) is 21.3. The highest BCUT2D eigenvalue weighted by atomic mass is 35.5. The lowest BCUT2D eigenvalue weighted by Crippen LogP contribution is -2.37. The topological polar surface area (TPSA) is 20.3 Å². The maximum atomic E-state index is 13.0. The van der Waals surface area contributed by atoms with Gasteiger partial charge in [0.25, 0.3) is 0 Å². The van der Waals surface area contributed by atoms with Gasteiger partial charge in [-0.25, -0.2) is 0 Å². The highest BCUT2D eigenvalue weighted by molar-refractivity contribution is 5.90. The van der Waals surface area contributed by atoms with Gasteiger partial charge in [0, 0.05) is 13.0 Å². The van der Waals surface area contributed by atoms with E-state index in [0.717, 1.165) is 25.8 Å². The minimum atomic E-state index is -0.170. The molecule has 0 radical (unpaired) electrons. The largest absolute Gasteiger partial charge is 0.303 e. The highest BCUT2D eigenvalue weighted by Crippen LogP contribution is 2.42. The number of Topliss-reactive ketones (excluding diaryl/α,β-unsaturated/α-hetero) is 1. The Morgan fingerprint density at radius 3 is 2.23 bits per heavy atom. The fourth-order valence-corrected chi connectivity index (χ4v) is 4.15. The Morgan fingerprint density at radius 1 is 0.955 bits per heavy atom. The molecule has 3 rings (SSSR count). The maximum Gasteiger partial charge on any atom is 0.144 e. The Bertz CT molecular complexity index is 462. The van der Waals surface area contributed by atoms with E-state index in [2.05, 4.69) is 29.2 Å². The van der Waals surface area contributed by atoms with Crippen LogP contribution < -0.4 is 0 Å². The highest BCUT2D eigenvalue weighted by Gasteiger charge is 2.41. The molecule has 0 N–H and O–H groups in total. The van der Waals surface area contributed by atoms with E-state index in [-0.39, 0.29) is 17.8 Å². The van der Waals surface area contributed by atoms with E-state index in [0.29, 0.717) is 5.78 Å². The Morgan fingerprint density at radius 2 is 1.59 bits per heavy atom. The van der Waals surface area contributed by atoms with Crippen molar-refractivity contribution in [3.63, 3.8) is 0 Å². The van der Waals surface area contributed by atoms with Crippen molar-refractivity contribution in [1.82, 2.24) is 4.90 Å². The van der Waals surface area contributed by atoms with Crippen LogP contribution in [0.3, 0.4) is 0 Å². The predicted molar refractivity (Wildman–Crippen MR) is 93.8 cm³/mol.